The monoisotopic (exact) mass is 461 g/mol. The molecule has 4 aromatic rings. The van der Waals surface area contributed by atoms with Gasteiger partial charge in [0.15, 0.2) is 11.5 Å². The third kappa shape index (κ3) is 3.95. The molecule has 0 aliphatic heterocycles. The zero-order chi connectivity index (χ0) is 23.8. The molecule has 1 aliphatic rings. The number of nitrogens with one attached hydrogen (secondary N) is 1. The van der Waals surface area contributed by atoms with E-state index in [9.17, 15) is 9.59 Å². The molecule has 1 aliphatic carbocycles. The Morgan fingerprint density at radius 1 is 1.18 bits per heavy atom. The maximum atomic E-state index is 13.1. The van der Waals surface area contributed by atoms with Crippen molar-refractivity contribution < 1.29 is 14.3 Å². The molecule has 5 rings (SSSR count). The standard InChI is InChI=1S/C24H27N7O3/c1-29(2)24(33)15-6-8-17(9-7-15)30-14-16-11-18(20(34-3)12-19(16)28-30)23(32)27-22-13-25-21-5-4-10-26-31(21)22/h4-5,10-15,17H,6-9H2,1-3H3,(H,27,32)/t15-,17+. The largest absolute Gasteiger partial charge is 0.496 e. The van der Waals surface area contributed by atoms with Crippen molar-refractivity contribution in [3.8, 4) is 5.75 Å². The summed E-state index contributed by atoms with van der Waals surface area (Å²) in [6.45, 7) is 0. The van der Waals surface area contributed by atoms with Crippen LogP contribution in [-0.2, 0) is 4.79 Å². The van der Waals surface area contributed by atoms with Crippen LogP contribution in [0.15, 0.2) is 42.9 Å². The fraction of sp³-hybridized carbons (Fsp3) is 0.375. The first kappa shape index (κ1) is 21.9. The van der Waals surface area contributed by atoms with Crippen LogP contribution in [0, 0.1) is 5.92 Å². The van der Waals surface area contributed by atoms with E-state index in [1.807, 2.05) is 31.0 Å². The number of anilines is 1. The Bertz CT molecular complexity index is 1370. The molecule has 0 spiro atoms. The van der Waals surface area contributed by atoms with E-state index in [1.165, 1.54) is 7.11 Å². The van der Waals surface area contributed by atoms with Gasteiger partial charge in [0.25, 0.3) is 5.91 Å². The minimum absolute atomic E-state index is 0.0840. The lowest BCUT2D eigenvalue weighted by molar-refractivity contribution is -0.134. The van der Waals surface area contributed by atoms with Crippen LogP contribution < -0.4 is 10.1 Å². The molecule has 2 amide bonds. The fourth-order valence-corrected chi connectivity index (χ4v) is 4.66. The first-order valence-corrected chi connectivity index (χ1v) is 11.3. The van der Waals surface area contributed by atoms with Crippen molar-refractivity contribution in [2.75, 3.05) is 26.5 Å². The van der Waals surface area contributed by atoms with E-state index in [0.29, 0.717) is 22.8 Å². The Labute approximate surface area is 196 Å². The fourth-order valence-electron chi connectivity index (χ4n) is 4.66. The average Bonchev–Trinajstić information content (AvgIpc) is 3.46. The second kappa shape index (κ2) is 8.77. The van der Waals surface area contributed by atoms with Crippen molar-refractivity contribution in [3.05, 3.63) is 48.4 Å². The lowest BCUT2D eigenvalue weighted by Gasteiger charge is -2.29. The van der Waals surface area contributed by atoms with Crippen molar-refractivity contribution in [1.82, 2.24) is 29.3 Å². The third-order valence-electron chi connectivity index (χ3n) is 6.47. The van der Waals surface area contributed by atoms with Gasteiger partial charge in [-0.25, -0.2) is 4.98 Å². The quantitative estimate of drug-likeness (QED) is 0.489. The molecule has 3 aromatic heterocycles. The van der Waals surface area contributed by atoms with Crippen molar-refractivity contribution in [1.29, 1.82) is 0 Å². The second-order valence-corrected chi connectivity index (χ2v) is 8.85. The number of benzene rings is 1. The Hall–Kier alpha value is -3.95. The minimum atomic E-state index is -0.318. The predicted octanol–water partition coefficient (Wildman–Crippen LogP) is 3.16. The zero-order valence-corrected chi connectivity index (χ0v) is 19.4. The van der Waals surface area contributed by atoms with Crippen LogP contribution >= 0.6 is 0 Å². The maximum Gasteiger partial charge on any atom is 0.260 e. The SMILES string of the molecule is COc1cc2nn([C@H]3CC[C@@H](C(=O)N(C)C)CC3)cc2cc1C(=O)Nc1cnc2cccnn12. The highest BCUT2D eigenvalue weighted by atomic mass is 16.5. The minimum Gasteiger partial charge on any atom is -0.496 e. The highest BCUT2D eigenvalue weighted by Crippen LogP contribution is 2.34. The number of nitrogens with zero attached hydrogens (tertiary/aromatic N) is 6. The highest BCUT2D eigenvalue weighted by molar-refractivity contribution is 6.08. The van der Waals surface area contributed by atoms with Gasteiger partial charge in [0.05, 0.1) is 30.4 Å². The molecule has 0 atom stereocenters. The third-order valence-corrected chi connectivity index (χ3v) is 6.47. The average molecular weight is 462 g/mol. The molecule has 1 fully saturated rings. The number of carbonyl (C=O) groups excluding carboxylic acids is 2. The summed E-state index contributed by atoms with van der Waals surface area (Å²) >= 11 is 0. The lowest BCUT2D eigenvalue weighted by Crippen LogP contribution is -2.32. The number of hydrogen-bond acceptors (Lipinski definition) is 6. The summed E-state index contributed by atoms with van der Waals surface area (Å²) in [5, 5.41) is 12.7. The number of ether oxygens (including phenoxy) is 1. The molecule has 0 radical (unpaired) electrons. The van der Waals surface area contributed by atoms with Crippen molar-refractivity contribution in [2.45, 2.75) is 31.7 Å². The number of aromatic nitrogens is 5. The predicted molar refractivity (Wildman–Crippen MR) is 127 cm³/mol. The van der Waals surface area contributed by atoms with Crippen molar-refractivity contribution >= 4 is 34.2 Å². The topological polar surface area (TPSA) is 107 Å². The molecule has 1 N–H and O–H groups in total. The molecule has 10 heteroatoms. The Kier molecular flexibility index (Phi) is 5.64. The van der Waals surface area contributed by atoms with E-state index < -0.39 is 0 Å². The van der Waals surface area contributed by atoms with Crippen LogP contribution in [0.3, 0.4) is 0 Å². The molecule has 0 saturated heterocycles. The first-order valence-electron chi connectivity index (χ1n) is 11.3. The molecule has 10 nitrogen and oxygen atoms in total. The second-order valence-electron chi connectivity index (χ2n) is 8.85. The number of imidazole rings is 1. The lowest BCUT2D eigenvalue weighted by atomic mass is 9.85. The number of hydrogen-bond donors (Lipinski definition) is 1. The summed E-state index contributed by atoms with van der Waals surface area (Å²) in [6.07, 6.45) is 8.66. The number of methoxy groups -OCH3 is 1. The van der Waals surface area contributed by atoms with Gasteiger partial charge in [-0.05, 0) is 43.9 Å². The van der Waals surface area contributed by atoms with Gasteiger partial charge in [-0.1, -0.05) is 0 Å². The summed E-state index contributed by atoms with van der Waals surface area (Å²) in [7, 11) is 5.15. The number of amides is 2. The smallest absolute Gasteiger partial charge is 0.260 e. The molecule has 0 bridgehead atoms. The molecular weight excluding hydrogens is 434 g/mol. The van der Waals surface area contributed by atoms with Crippen molar-refractivity contribution in [3.63, 3.8) is 0 Å². The van der Waals surface area contributed by atoms with Gasteiger partial charge < -0.3 is 15.0 Å². The van der Waals surface area contributed by atoms with Crippen molar-refractivity contribution in [2.24, 2.45) is 5.92 Å². The van der Waals surface area contributed by atoms with E-state index in [1.54, 1.807) is 40.0 Å². The summed E-state index contributed by atoms with van der Waals surface area (Å²) in [4.78, 5) is 31.3. The summed E-state index contributed by atoms with van der Waals surface area (Å²) in [6, 6.07) is 7.41. The van der Waals surface area contributed by atoms with Crippen LogP contribution in [0.4, 0.5) is 5.82 Å². The Morgan fingerprint density at radius 2 is 1.97 bits per heavy atom. The highest BCUT2D eigenvalue weighted by Gasteiger charge is 2.28. The van der Waals surface area contributed by atoms with Gasteiger partial charge in [-0.3, -0.25) is 14.3 Å². The summed E-state index contributed by atoms with van der Waals surface area (Å²) < 4.78 is 9.05. The number of rotatable bonds is 5. The molecular formula is C24H27N7O3. The molecule has 1 saturated carbocycles. The van der Waals surface area contributed by atoms with E-state index in [4.69, 9.17) is 9.84 Å². The maximum absolute atomic E-state index is 13.1. The molecule has 0 unspecified atom stereocenters. The molecule has 176 valence electrons. The van der Waals surface area contributed by atoms with Gasteiger partial charge >= 0.3 is 0 Å². The molecule has 1 aromatic carbocycles. The van der Waals surface area contributed by atoms with Gasteiger partial charge in [-0.15, -0.1) is 0 Å². The van der Waals surface area contributed by atoms with Crippen LogP contribution in [0.2, 0.25) is 0 Å². The van der Waals surface area contributed by atoms with E-state index in [-0.39, 0.29) is 23.8 Å². The normalized spacial score (nSPS) is 18.2. The van der Waals surface area contributed by atoms with Gasteiger partial charge in [0.1, 0.15) is 5.75 Å². The molecule has 34 heavy (non-hydrogen) atoms. The number of fused-ring (bicyclic) bond motifs is 2. The van der Waals surface area contributed by atoms with Crippen LogP contribution in [-0.4, -0.2) is 62.3 Å². The number of carbonyl (C=O) groups is 2. The summed E-state index contributed by atoms with van der Waals surface area (Å²) in [5.41, 5.74) is 1.81. The molecule has 3 heterocycles. The first-order chi connectivity index (χ1) is 16.4. The van der Waals surface area contributed by atoms with Gasteiger partial charge in [0.2, 0.25) is 5.91 Å². The summed E-state index contributed by atoms with van der Waals surface area (Å²) in [5.74, 6) is 0.882. The van der Waals surface area contributed by atoms with Crippen LogP contribution in [0.1, 0.15) is 42.1 Å². The van der Waals surface area contributed by atoms with Crippen LogP contribution in [0.5, 0.6) is 5.75 Å². The van der Waals surface area contributed by atoms with E-state index in [0.717, 1.165) is 36.6 Å². The van der Waals surface area contributed by atoms with Crippen LogP contribution in [0.25, 0.3) is 16.6 Å². The van der Waals surface area contributed by atoms with E-state index >= 15 is 0 Å². The Morgan fingerprint density at radius 3 is 2.71 bits per heavy atom. The zero-order valence-electron chi connectivity index (χ0n) is 19.4. The van der Waals surface area contributed by atoms with E-state index in [2.05, 4.69) is 15.4 Å². The Balaban J connectivity index is 1.38. The van der Waals surface area contributed by atoms with Gasteiger partial charge in [-0.2, -0.15) is 14.7 Å². The van der Waals surface area contributed by atoms with Gasteiger partial charge in [0, 0.05) is 43.9 Å².